The fourth-order valence-corrected chi connectivity index (χ4v) is 3.56. The largest absolute Gasteiger partial charge is 0.392 e. The summed E-state index contributed by atoms with van der Waals surface area (Å²) in [7, 11) is 0. The molecule has 23 heavy (non-hydrogen) atoms. The summed E-state index contributed by atoms with van der Waals surface area (Å²) in [6, 6.07) is 0. The van der Waals surface area contributed by atoms with Gasteiger partial charge in [-0.15, -0.1) is 0 Å². The molecular weight excluding hydrogens is 288 g/mol. The third-order valence-corrected chi connectivity index (χ3v) is 5.40. The van der Waals surface area contributed by atoms with E-state index in [0.29, 0.717) is 0 Å². The SMILES string of the molecule is C=C(C)C1CC/C(C)=C\CCC2(C)OC2CC/C(CO)=C\C1O. The van der Waals surface area contributed by atoms with Gasteiger partial charge in [-0.3, -0.25) is 0 Å². The molecule has 0 saturated carbocycles. The summed E-state index contributed by atoms with van der Waals surface area (Å²) in [6.45, 7) is 10.4. The number of fused-ring (bicyclic) bond motifs is 1. The van der Waals surface area contributed by atoms with Gasteiger partial charge in [0.25, 0.3) is 0 Å². The molecule has 1 fully saturated rings. The molecule has 3 heteroatoms. The summed E-state index contributed by atoms with van der Waals surface area (Å²) in [4.78, 5) is 0. The second-order valence-electron chi connectivity index (χ2n) is 7.51. The lowest BCUT2D eigenvalue weighted by Crippen LogP contribution is -2.20. The van der Waals surface area contributed by atoms with Gasteiger partial charge in [0.2, 0.25) is 0 Å². The zero-order valence-corrected chi connectivity index (χ0v) is 14.8. The maximum absolute atomic E-state index is 10.6. The Morgan fingerprint density at radius 1 is 1.39 bits per heavy atom. The van der Waals surface area contributed by atoms with Gasteiger partial charge >= 0.3 is 0 Å². The summed E-state index contributed by atoms with van der Waals surface area (Å²) < 4.78 is 5.88. The normalized spacial score (nSPS) is 40.8. The molecule has 1 aliphatic heterocycles. The van der Waals surface area contributed by atoms with Crippen molar-refractivity contribution in [2.24, 2.45) is 5.92 Å². The highest BCUT2D eigenvalue weighted by Gasteiger charge is 2.50. The van der Waals surface area contributed by atoms with E-state index in [0.717, 1.165) is 49.7 Å². The van der Waals surface area contributed by atoms with Gasteiger partial charge in [-0.25, -0.2) is 0 Å². The minimum Gasteiger partial charge on any atom is -0.392 e. The number of epoxide rings is 1. The van der Waals surface area contributed by atoms with E-state index < -0.39 is 6.10 Å². The summed E-state index contributed by atoms with van der Waals surface area (Å²) in [6.07, 6.45) is 9.52. The van der Waals surface area contributed by atoms with Crippen LogP contribution in [-0.4, -0.2) is 34.6 Å². The highest BCUT2D eigenvalue weighted by atomic mass is 16.6. The van der Waals surface area contributed by atoms with Crippen LogP contribution < -0.4 is 0 Å². The summed E-state index contributed by atoms with van der Waals surface area (Å²) in [5, 5.41) is 20.2. The van der Waals surface area contributed by atoms with Gasteiger partial charge in [0.1, 0.15) is 0 Å². The predicted octanol–water partition coefficient (Wildman–Crippen LogP) is 3.92. The topological polar surface area (TPSA) is 53.0 Å². The summed E-state index contributed by atoms with van der Waals surface area (Å²) in [5.74, 6) is 0.0466. The van der Waals surface area contributed by atoms with Gasteiger partial charge in [0.05, 0.1) is 24.4 Å². The monoisotopic (exact) mass is 320 g/mol. The fourth-order valence-electron chi connectivity index (χ4n) is 3.56. The molecule has 4 unspecified atom stereocenters. The Morgan fingerprint density at radius 2 is 2.13 bits per heavy atom. The molecule has 130 valence electrons. The molecule has 4 atom stereocenters. The second kappa shape index (κ2) is 7.78. The molecule has 1 aliphatic carbocycles. The van der Waals surface area contributed by atoms with Crippen molar-refractivity contribution in [2.75, 3.05) is 6.61 Å². The molecule has 0 bridgehead atoms. The van der Waals surface area contributed by atoms with Crippen LogP contribution >= 0.6 is 0 Å². The Hall–Kier alpha value is -0.900. The van der Waals surface area contributed by atoms with Crippen molar-refractivity contribution < 1.29 is 14.9 Å². The molecule has 1 heterocycles. The second-order valence-corrected chi connectivity index (χ2v) is 7.51. The van der Waals surface area contributed by atoms with Crippen molar-refractivity contribution in [3.8, 4) is 0 Å². The van der Waals surface area contributed by atoms with Crippen LogP contribution in [0.1, 0.15) is 59.3 Å². The molecular formula is C20H32O3. The first-order valence-electron chi connectivity index (χ1n) is 8.83. The molecule has 2 N–H and O–H groups in total. The van der Waals surface area contributed by atoms with Crippen LogP contribution in [0.5, 0.6) is 0 Å². The van der Waals surface area contributed by atoms with Crippen molar-refractivity contribution in [1.29, 1.82) is 0 Å². The van der Waals surface area contributed by atoms with Gasteiger partial charge in [0, 0.05) is 5.92 Å². The smallest absolute Gasteiger partial charge is 0.0923 e. The summed E-state index contributed by atoms with van der Waals surface area (Å²) >= 11 is 0. The number of hydrogen-bond donors (Lipinski definition) is 2. The molecule has 0 aromatic carbocycles. The zero-order valence-electron chi connectivity index (χ0n) is 14.8. The van der Waals surface area contributed by atoms with Gasteiger partial charge in [0.15, 0.2) is 0 Å². The van der Waals surface area contributed by atoms with E-state index in [4.69, 9.17) is 4.74 Å². The third-order valence-electron chi connectivity index (χ3n) is 5.40. The van der Waals surface area contributed by atoms with Crippen molar-refractivity contribution >= 4 is 0 Å². The molecule has 0 spiro atoms. The van der Waals surface area contributed by atoms with Gasteiger partial charge in [-0.1, -0.05) is 29.9 Å². The number of aliphatic hydroxyl groups excluding tert-OH is 2. The third kappa shape index (κ3) is 5.03. The lowest BCUT2D eigenvalue weighted by Gasteiger charge is -2.22. The number of ether oxygens (including phenoxy) is 1. The Kier molecular flexibility index (Phi) is 6.24. The fraction of sp³-hybridized carbons (Fsp3) is 0.700. The van der Waals surface area contributed by atoms with E-state index in [2.05, 4.69) is 26.5 Å². The van der Waals surface area contributed by atoms with Crippen molar-refractivity contribution in [3.63, 3.8) is 0 Å². The van der Waals surface area contributed by atoms with Crippen LogP contribution in [0.3, 0.4) is 0 Å². The first-order chi connectivity index (χ1) is 10.9. The molecule has 0 amide bonds. The van der Waals surface area contributed by atoms with E-state index in [1.54, 1.807) is 0 Å². The molecule has 2 aliphatic rings. The van der Waals surface area contributed by atoms with E-state index in [-0.39, 0.29) is 24.2 Å². The van der Waals surface area contributed by atoms with E-state index in [9.17, 15) is 10.2 Å². The van der Waals surface area contributed by atoms with Crippen molar-refractivity contribution in [1.82, 2.24) is 0 Å². The lowest BCUT2D eigenvalue weighted by molar-refractivity contribution is 0.163. The average Bonchev–Trinajstić information content (AvgIpc) is 3.13. The van der Waals surface area contributed by atoms with Crippen molar-refractivity contribution in [3.05, 3.63) is 35.5 Å². The standard InChI is InChI=1S/C20H32O3/c1-14(2)17-9-7-15(3)6-5-11-20(4)19(23-20)10-8-16(13-21)12-18(17)22/h6,12,17-19,21-22H,1,5,7-11,13H2,2-4H3/b15-6-,16-12+. The van der Waals surface area contributed by atoms with Gasteiger partial charge < -0.3 is 14.9 Å². The Bertz CT molecular complexity index is 491. The first-order valence-corrected chi connectivity index (χ1v) is 8.83. The molecule has 1 saturated heterocycles. The van der Waals surface area contributed by atoms with Crippen LogP contribution in [0.15, 0.2) is 35.5 Å². The highest BCUT2D eigenvalue weighted by Crippen LogP contribution is 2.43. The molecule has 2 rings (SSSR count). The minimum atomic E-state index is -0.572. The number of aliphatic hydroxyl groups is 2. The van der Waals surface area contributed by atoms with Crippen LogP contribution in [-0.2, 0) is 4.74 Å². The Morgan fingerprint density at radius 3 is 2.78 bits per heavy atom. The van der Waals surface area contributed by atoms with Crippen molar-refractivity contribution in [2.45, 2.75) is 77.1 Å². The maximum atomic E-state index is 10.6. The quantitative estimate of drug-likeness (QED) is 0.599. The van der Waals surface area contributed by atoms with Gasteiger partial charge in [-0.05, 0) is 64.9 Å². The average molecular weight is 320 g/mol. The van der Waals surface area contributed by atoms with Crippen LogP contribution in [0.4, 0.5) is 0 Å². The molecule has 0 aromatic rings. The van der Waals surface area contributed by atoms with E-state index in [1.165, 1.54) is 5.57 Å². The molecule has 3 nitrogen and oxygen atoms in total. The summed E-state index contributed by atoms with van der Waals surface area (Å²) in [5.41, 5.74) is 3.28. The number of hydrogen-bond acceptors (Lipinski definition) is 3. The van der Waals surface area contributed by atoms with Crippen LogP contribution in [0.2, 0.25) is 0 Å². The molecule has 0 aromatic heterocycles. The Labute approximate surface area is 140 Å². The molecule has 0 radical (unpaired) electrons. The van der Waals surface area contributed by atoms with Crippen LogP contribution in [0, 0.1) is 5.92 Å². The maximum Gasteiger partial charge on any atom is 0.0923 e. The first kappa shape index (κ1) is 18.4. The van der Waals surface area contributed by atoms with Gasteiger partial charge in [-0.2, -0.15) is 0 Å². The van der Waals surface area contributed by atoms with E-state index in [1.807, 2.05) is 13.0 Å². The van der Waals surface area contributed by atoms with Crippen LogP contribution in [0.25, 0.3) is 0 Å². The predicted molar refractivity (Wildman–Crippen MR) is 94.2 cm³/mol. The van der Waals surface area contributed by atoms with E-state index >= 15 is 0 Å². The number of rotatable bonds is 2. The lowest BCUT2D eigenvalue weighted by atomic mass is 9.87. The highest BCUT2D eigenvalue weighted by molar-refractivity contribution is 5.14. The Balaban J connectivity index is 2.15. The number of allylic oxidation sites excluding steroid dienone is 2. The zero-order chi connectivity index (χ0) is 17.0. The minimum absolute atomic E-state index is 0.000316.